The van der Waals surface area contributed by atoms with Gasteiger partial charge >= 0.3 is 30.2 Å². The number of amides is 3. The Bertz CT molecular complexity index is 1110. The number of nitrogens with zero attached hydrogens (tertiary/aromatic N) is 3. The van der Waals surface area contributed by atoms with Gasteiger partial charge in [-0.2, -0.15) is 18.3 Å². The number of ether oxygens (including phenoxy) is 2. The van der Waals surface area contributed by atoms with Crippen molar-refractivity contribution in [3.8, 4) is 11.3 Å². The van der Waals surface area contributed by atoms with Crippen LogP contribution in [0.5, 0.6) is 0 Å². The highest BCUT2D eigenvalue weighted by molar-refractivity contribution is 5.99. The van der Waals surface area contributed by atoms with Gasteiger partial charge < -0.3 is 14.8 Å². The molecule has 0 aliphatic heterocycles. The Morgan fingerprint density at radius 3 is 2.68 bits per heavy atom. The Kier molecular flexibility index (Phi) is 7.48. The van der Waals surface area contributed by atoms with Crippen LogP contribution in [0.1, 0.15) is 35.0 Å². The lowest BCUT2D eigenvalue weighted by atomic mass is 9.90. The first kappa shape index (κ1) is 24.7. The summed E-state index contributed by atoms with van der Waals surface area (Å²) in [6.07, 6.45) is -2.18. The Balaban J connectivity index is 1.78. The van der Waals surface area contributed by atoms with Crippen molar-refractivity contribution in [1.29, 1.82) is 0 Å². The van der Waals surface area contributed by atoms with Crippen LogP contribution < -0.4 is 10.6 Å². The number of halogens is 3. The summed E-state index contributed by atoms with van der Waals surface area (Å²) in [4.78, 5) is 50.7. The number of nitrogens with one attached hydrogen (secondary N) is 2. The second-order valence-corrected chi connectivity index (χ2v) is 7.06. The number of pyridine rings is 1. The highest BCUT2D eigenvalue weighted by Gasteiger charge is 2.43. The molecule has 3 amide bonds. The number of carbonyl (C=O) groups is 4. The molecule has 3 rings (SSSR count). The van der Waals surface area contributed by atoms with E-state index < -0.39 is 30.2 Å². The van der Waals surface area contributed by atoms with E-state index >= 15 is 0 Å². The molecule has 2 N–H and O–H groups in total. The first-order valence-electron chi connectivity index (χ1n) is 10.2. The monoisotopic (exact) mass is 483 g/mol. The number of aryl methyl sites for hydroxylation is 2. The maximum atomic E-state index is 12.6. The van der Waals surface area contributed by atoms with Gasteiger partial charge in [-0.1, -0.05) is 0 Å². The fourth-order valence-electron chi connectivity index (χ4n) is 3.38. The summed E-state index contributed by atoms with van der Waals surface area (Å²) in [6, 6.07) is 0.858. The van der Waals surface area contributed by atoms with E-state index in [2.05, 4.69) is 24.9 Å². The predicted octanol–water partition coefficient (Wildman–Crippen LogP) is 2.14. The number of hydrogen-bond acceptors (Lipinski definition) is 8. The van der Waals surface area contributed by atoms with Gasteiger partial charge in [-0.3, -0.25) is 9.67 Å². The highest BCUT2D eigenvalue weighted by atomic mass is 19.4. The van der Waals surface area contributed by atoms with Crippen molar-refractivity contribution in [2.24, 2.45) is 0 Å². The molecule has 0 saturated heterocycles. The van der Waals surface area contributed by atoms with Crippen LogP contribution in [0.15, 0.2) is 18.5 Å². The fourth-order valence-corrected chi connectivity index (χ4v) is 3.38. The zero-order valence-corrected chi connectivity index (χ0v) is 17.9. The van der Waals surface area contributed by atoms with Crippen LogP contribution in [-0.4, -0.2) is 58.2 Å². The number of aromatic nitrogens is 3. The average molecular weight is 483 g/mol. The lowest BCUT2D eigenvalue weighted by Crippen LogP contribution is -2.40. The summed E-state index contributed by atoms with van der Waals surface area (Å²) in [6.45, 7) is 1.68. The second-order valence-electron chi connectivity index (χ2n) is 7.06. The molecule has 0 aromatic carbocycles. The topological polar surface area (TPSA) is 142 Å². The van der Waals surface area contributed by atoms with Crippen LogP contribution >= 0.6 is 0 Å². The van der Waals surface area contributed by atoms with Gasteiger partial charge in [-0.15, -0.1) is 0 Å². The van der Waals surface area contributed by atoms with Crippen LogP contribution in [0.2, 0.25) is 0 Å². The van der Waals surface area contributed by atoms with E-state index in [0.717, 1.165) is 10.2 Å². The molecule has 11 nitrogen and oxygen atoms in total. The van der Waals surface area contributed by atoms with Crippen molar-refractivity contribution in [2.75, 3.05) is 13.2 Å². The third-order valence-corrected chi connectivity index (χ3v) is 4.79. The van der Waals surface area contributed by atoms with Gasteiger partial charge in [0.25, 0.3) is 0 Å². The summed E-state index contributed by atoms with van der Waals surface area (Å²) in [5.74, 6) is -4.10. The summed E-state index contributed by atoms with van der Waals surface area (Å²) in [5, 5.41) is 8.70. The Labute approximate surface area is 190 Å². The molecule has 1 aliphatic carbocycles. The minimum absolute atomic E-state index is 0.00224. The highest BCUT2D eigenvalue weighted by Crippen LogP contribution is 2.34. The number of imide groups is 1. The summed E-state index contributed by atoms with van der Waals surface area (Å²) in [5.41, 5.74) is 1.97. The normalized spacial score (nSPS) is 12.2. The third-order valence-electron chi connectivity index (χ3n) is 4.79. The number of alkyl halides is 3. The molecule has 0 fully saturated rings. The number of hydrogen-bond donors (Lipinski definition) is 2. The van der Waals surface area contributed by atoms with Crippen molar-refractivity contribution in [3.63, 3.8) is 0 Å². The molecule has 2 aromatic rings. The fraction of sp³-hybridized carbons (Fsp3) is 0.400. The first-order chi connectivity index (χ1) is 16.1. The maximum Gasteiger partial charge on any atom is 0.491 e. The quantitative estimate of drug-likeness (QED) is 0.362. The van der Waals surface area contributed by atoms with Crippen molar-refractivity contribution in [2.45, 2.75) is 38.9 Å². The summed E-state index contributed by atoms with van der Waals surface area (Å²) < 4.78 is 47.6. The predicted molar refractivity (Wildman–Crippen MR) is 108 cm³/mol. The van der Waals surface area contributed by atoms with E-state index in [4.69, 9.17) is 0 Å². The zero-order chi connectivity index (χ0) is 24.9. The van der Waals surface area contributed by atoms with Crippen LogP contribution in [-0.2, 0) is 33.7 Å². The minimum atomic E-state index is -5.34. The SMILES string of the molecule is CCOC(=O)NC(=O)NCCCn1nc2c(c1C(=O)OC(=O)C(F)(F)F)CCc1cnccc1-2. The van der Waals surface area contributed by atoms with Crippen LogP contribution in [0.25, 0.3) is 11.3 Å². The smallest absolute Gasteiger partial charge is 0.450 e. The molecule has 2 aromatic heterocycles. The van der Waals surface area contributed by atoms with E-state index in [9.17, 15) is 32.3 Å². The van der Waals surface area contributed by atoms with Gasteiger partial charge in [-0.25, -0.2) is 24.5 Å². The number of alkyl carbamates (subject to hydrolysis) is 1. The Morgan fingerprint density at radius 1 is 1.21 bits per heavy atom. The van der Waals surface area contributed by atoms with Crippen molar-refractivity contribution in [1.82, 2.24) is 25.4 Å². The van der Waals surface area contributed by atoms with Gasteiger partial charge in [0.2, 0.25) is 0 Å². The summed E-state index contributed by atoms with van der Waals surface area (Å²) in [7, 11) is 0. The van der Waals surface area contributed by atoms with E-state index in [1.54, 1.807) is 19.2 Å². The maximum absolute atomic E-state index is 12.6. The molecule has 1 aliphatic rings. The third kappa shape index (κ3) is 5.68. The molecule has 2 heterocycles. The Hall–Kier alpha value is -3.97. The average Bonchev–Trinajstić information content (AvgIpc) is 3.15. The molecule has 0 unspecified atom stereocenters. The standard InChI is InChI=1S/C20H20F3N5O6/c1-2-33-19(32)26-18(31)25-7-3-9-28-15(16(29)34-17(30)20(21,22)23)13-5-4-11-10-24-8-6-12(11)14(13)27-28/h6,8,10H,2-5,7,9H2,1H3,(H2,25,26,31,32). The van der Waals surface area contributed by atoms with Gasteiger partial charge in [-0.05, 0) is 37.8 Å². The zero-order valence-electron chi connectivity index (χ0n) is 17.9. The summed E-state index contributed by atoms with van der Waals surface area (Å²) >= 11 is 0. The molecule has 0 bridgehead atoms. The van der Waals surface area contributed by atoms with Crippen molar-refractivity contribution >= 4 is 24.1 Å². The van der Waals surface area contributed by atoms with E-state index in [-0.39, 0.29) is 38.2 Å². The minimum Gasteiger partial charge on any atom is -0.450 e. The number of fused-ring (bicyclic) bond motifs is 3. The lowest BCUT2D eigenvalue weighted by Gasteiger charge is -2.15. The van der Waals surface area contributed by atoms with Gasteiger partial charge in [0, 0.05) is 36.6 Å². The molecular weight excluding hydrogens is 463 g/mol. The van der Waals surface area contributed by atoms with Crippen LogP contribution in [0, 0.1) is 0 Å². The molecule has 14 heteroatoms. The lowest BCUT2D eigenvalue weighted by molar-refractivity contribution is -0.193. The first-order valence-corrected chi connectivity index (χ1v) is 10.2. The molecule has 0 radical (unpaired) electrons. The van der Waals surface area contributed by atoms with Crippen LogP contribution in [0.3, 0.4) is 0 Å². The number of carbonyl (C=O) groups excluding carboxylic acids is 4. The van der Waals surface area contributed by atoms with Gasteiger partial charge in [0.05, 0.1) is 12.3 Å². The molecule has 0 atom stereocenters. The van der Waals surface area contributed by atoms with E-state index in [1.165, 1.54) is 6.20 Å². The molecule has 0 saturated carbocycles. The van der Waals surface area contributed by atoms with Crippen molar-refractivity contribution in [3.05, 3.63) is 35.3 Å². The van der Waals surface area contributed by atoms with E-state index in [0.29, 0.717) is 23.2 Å². The van der Waals surface area contributed by atoms with Crippen molar-refractivity contribution < 1.29 is 41.8 Å². The largest absolute Gasteiger partial charge is 0.491 e. The number of urea groups is 1. The van der Waals surface area contributed by atoms with Gasteiger partial charge in [0.15, 0.2) is 5.69 Å². The Morgan fingerprint density at radius 2 is 1.97 bits per heavy atom. The van der Waals surface area contributed by atoms with Crippen LogP contribution in [0.4, 0.5) is 22.8 Å². The number of esters is 2. The van der Waals surface area contributed by atoms with Gasteiger partial charge in [0.1, 0.15) is 0 Å². The second kappa shape index (κ2) is 10.3. The number of rotatable bonds is 6. The molecule has 182 valence electrons. The molecule has 0 spiro atoms. The van der Waals surface area contributed by atoms with E-state index in [1.807, 2.05) is 5.32 Å². The molecule has 34 heavy (non-hydrogen) atoms. The molecular formula is C20H20F3N5O6.